The van der Waals surface area contributed by atoms with Gasteiger partial charge in [0.2, 0.25) is 0 Å². The summed E-state index contributed by atoms with van der Waals surface area (Å²) in [7, 11) is 0. The molecule has 0 fully saturated rings. The van der Waals surface area contributed by atoms with E-state index in [2.05, 4.69) is 14.3 Å². The molecule has 1 aromatic carbocycles. The van der Waals surface area contributed by atoms with Crippen molar-refractivity contribution in [3.8, 4) is 11.4 Å². The number of halogens is 1. The Kier molecular flexibility index (Phi) is 3.48. The fourth-order valence-corrected chi connectivity index (χ4v) is 2.68. The number of aliphatic hydroxyl groups is 1. The standard InChI is InChI=1S/C15H12FN3OS/c1-15(20,11-6-8-17-9-7-11)14-18-13(19-21-14)10-2-4-12(16)5-3-10/h2-9,20H,1H3. The van der Waals surface area contributed by atoms with Gasteiger partial charge >= 0.3 is 0 Å². The Morgan fingerprint density at radius 1 is 1.10 bits per heavy atom. The third-order valence-corrected chi connectivity index (χ3v) is 4.11. The quantitative estimate of drug-likeness (QED) is 0.808. The molecule has 2 heterocycles. The molecule has 4 nitrogen and oxygen atoms in total. The molecule has 21 heavy (non-hydrogen) atoms. The number of rotatable bonds is 3. The van der Waals surface area contributed by atoms with E-state index in [-0.39, 0.29) is 5.82 Å². The maximum atomic E-state index is 12.9. The number of aromatic nitrogens is 3. The summed E-state index contributed by atoms with van der Waals surface area (Å²) in [4.78, 5) is 8.31. The first-order valence-corrected chi connectivity index (χ1v) is 7.08. The zero-order chi connectivity index (χ0) is 14.9. The summed E-state index contributed by atoms with van der Waals surface area (Å²) in [5.74, 6) is 0.169. The van der Waals surface area contributed by atoms with Crippen molar-refractivity contribution < 1.29 is 9.50 Å². The first kappa shape index (κ1) is 13.8. The van der Waals surface area contributed by atoms with Crippen LogP contribution in [0.25, 0.3) is 11.4 Å². The second-order valence-electron chi connectivity index (χ2n) is 4.74. The van der Waals surface area contributed by atoms with Crippen molar-refractivity contribution in [3.63, 3.8) is 0 Å². The number of hydrogen-bond donors (Lipinski definition) is 1. The molecule has 0 amide bonds. The summed E-state index contributed by atoms with van der Waals surface area (Å²) in [6, 6.07) is 9.41. The van der Waals surface area contributed by atoms with Gasteiger partial charge in [0.05, 0.1) is 0 Å². The molecular formula is C15H12FN3OS. The average molecular weight is 301 g/mol. The van der Waals surface area contributed by atoms with Crippen molar-refractivity contribution in [1.82, 2.24) is 14.3 Å². The fraction of sp³-hybridized carbons (Fsp3) is 0.133. The number of pyridine rings is 1. The van der Waals surface area contributed by atoms with Gasteiger partial charge in [-0.2, -0.15) is 4.37 Å². The maximum absolute atomic E-state index is 12.9. The van der Waals surface area contributed by atoms with Crippen LogP contribution in [-0.2, 0) is 5.60 Å². The van der Waals surface area contributed by atoms with Gasteiger partial charge in [-0.3, -0.25) is 4.98 Å². The van der Waals surface area contributed by atoms with E-state index in [1.807, 2.05) is 0 Å². The van der Waals surface area contributed by atoms with E-state index >= 15 is 0 Å². The van der Waals surface area contributed by atoms with Crippen molar-refractivity contribution in [1.29, 1.82) is 0 Å². The molecular weight excluding hydrogens is 289 g/mol. The molecule has 0 saturated heterocycles. The topological polar surface area (TPSA) is 58.9 Å². The van der Waals surface area contributed by atoms with Crippen molar-refractivity contribution in [2.45, 2.75) is 12.5 Å². The van der Waals surface area contributed by atoms with E-state index in [1.54, 1.807) is 43.6 Å². The Bertz CT molecular complexity index is 741. The van der Waals surface area contributed by atoms with Gasteiger partial charge in [0.1, 0.15) is 16.4 Å². The lowest BCUT2D eigenvalue weighted by atomic mass is 9.98. The molecule has 2 aromatic heterocycles. The second kappa shape index (κ2) is 5.31. The minimum Gasteiger partial charge on any atom is -0.378 e. The van der Waals surface area contributed by atoms with E-state index in [4.69, 9.17) is 0 Å². The fourth-order valence-electron chi connectivity index (χ4n) is 1.94. The van der Waals surface area contributed by atoms with Gasteiger partial charge in [0, 0.05) is 18.0 Å². The van der Waals surface area contributed by atoms with Gasteiger partial charge in [-0.25, -0.2) is 9.37 Å². The minimum atomic E-state index is -1.24. The van der Waals surface area contributed by atoms with Crippen LogP contribution < -0.4 is 0 Å². The van der Waals surface area contributed by atoms with Crippen LogP contribution in [-0.4, -0.2) is 19.4 Å². The lowest BCUT2D eigenvalue weighted by Crippen LogP contribution is -2.22. The van der Waals surface area contributed by atoms with Crippen LogP contribution in [0.4, 0.5) is 4.39 Å². The molecule has 6 heteroatoms. The SMILES string of the molecule is CC(O)(c1ccncc1)c1nc(-c2ccc(F)cc2)ns1. The molecule has 0 bridgehead atoms. The first-order valence-electron chi connectivity index (χ1n) is 6.30. The van der Waals surface area contributed by atoms with Crippen LogP contribution in [0.15, 0.2) is 48.8 Å². The Morgan fingerprint density at radius 2 is 1.76 bits per heavy atom. The first-order chi connectivity index (χ1) is 10.1. The van der Waals surface area contributed by atoms with Crippen LogP contribution >= 0.6 is 11.5 Å². The Labute approximate surface area is 125 Å². The zero-order valence-corrected chi connectivity index (χ0v) is 12.0. The average Bonchev–Trinajstić information content (AvgIpc) is 2.99. The van der Waals surface area contributed by atoms with Gasteiger partial charge < -0.3 is 5.11 Å². The van der Waals surface area contributed by atoms with Crippen molar-refractivity contribution in [2.75, 3.05) is 0 Å². The minimum absolute atomic E-state index is 0.307. The molecule has 0 aliphatic carbocycles. The predicted molar refractivity (Wildman–Crippen MR) is 78.2 cm³/mol. The third-order valence-electron chi connectivity index (χ3n) is 3.19. The molecule has 1 unspecified atom stereocenters. The third kappa shape index (κ3) is 2.68. The lowest BCUT2D eigenvalue weighted by molar-refractivity contribution is 0.102. The van der Waals surface area contributed by atoms with Crippen LogP contribution in [0.3, 0.4) is 0 Å². The summed E-state index contributed by atoms with van der Waals surface area (Å²) < 4.78 is 17.2. The van der Waals surface area contributed by atoms with Gasteiger partial charge in [0.25, 0.3) is 0 Å². The Morgan fingerprint density at radius 3 is 2.43 bits per heavy atom. The highest BCUT2D eigenvalue weighted by Crippen LogP contribution is 2.31. The molecule has 3 aromatic rings. The molecule has 3 rings (SSSR count). The number of benzene rings is 1. The van der Waals surface area contributed by atoms with E-state index in [9.17, 15) is 9.50 Å². The van der Waals surface area contributed by atoms with E-state index in [1.165, 1.54) is 12.1 Å². The summed E-state index contributed by atoms with van der Waals surface area (Å²) in [5, 5.41) is 11.2. The summed E-state index contributed by atoms with van der Waals surface area (Å²) >= 11 is 1.13. The van der Waals surface area contributed by atoms with Crippen LogP contribution in [0, 0.1) is 5.82 Å². The normalized spacial score (nSPS) is 13.9. The summed E-state index contributed by atoms with van der Waals surface area (Å²) in [6.45, 7) is 1.66. The van der Waals surface area contributed by atoms with Crippen molar-refractivity contribution in [2.24, 2.45) is 0 Å². The van der Waals surface area contributed by atoms with Crippen LogP contribution in [0.1, 0.15) is 17.5 Å². The molecule has 106 valence electrons. The molecule has 1 N–H and O–H groups in total. The van der Waals surface area contributed by atoms with E-state index in [0.29, 0.717) is 22.0 Å². The largest absolute Gasteiger partial charge is 0.378 e. The van der Waals surface area contributed by atoms with E-state index < -0.39 is 5.60 Å². The molecule has 0 radical (unpaired) electrons. The monoisotopic (exact) mass is 301 g/mol. The van der Waals surface area contributed by atoms with Gasteiger partial charge in [-0.05, 0) is 60.4 Å². The van der Waals surface area contributed by atoms with Gasteiger partial charge in [0.15, 0.2) is 5.82 Å². The van der Waals surface area contributed by atoms with Gasteiger partial charge in [-0.15, -0.1) is 0 Å². The number of nitrogens with zero attached hydrogens (tertiary/aromatic N) is 3. The smallest absolute Gasteiger partial charge is 0.173 e. The van der Waals surface area contributed by atoms with Crippen LogP contribution in [0.5, 0.6) is 0 Å². The van der Waals surface area contributed by atoms with Crippen molar-refractivity contribution >= 4 is 11.5 Å². The molecule has 1 atom stereocenters. The van der Waals surface area contributed by atoms with Crippen molar-refractivity contribution in [3.05, 3.63) is 65.2 Å². The predicted octanol–water partition coefficient (Wildman–Crippen LogP) is 3.00. The Balaban J connectivity index is 1.96. The summed E-state index contributed by atoms with van der Waals surface area (Å²) in [6.07, 6.45) is 3.23. The molecule has 0 saturated carbocycles. The molecule has 0 aliphatic heterocycles. The maximum Gasteiger partial charge on any atom is 0.173 e. The molecule has 0 aliphatic rings. The molecule has 0 spiro atoms. The van der Waals surface area contributed by atoms with Crippen LogP contribution in [0.2, 0.25) is 0 Å². The highest BCUT2D eigenvalue weighted by Gasteiger charge is 2.30. The highest BCUT2D eigenvalue weighted by molar-refractivity contribution is 7.05. The Hall–Kier alpha value is -2.18. The number of hydrogen-bond acceptors (Lipinski definition) is 5. The zero-order valence-electron chi connectivity index (χ0n) is 11.2. The van der Waals surface area contributed by atoms with E-state index in [0.717, 1.165) is 11.5 Å². The van der Waals surface area contributed by atoms with Gasteiger partial charge in [-0.1, -0.05) is 0 Å². The summed E-state index contributed by atoms with van der Waals surface area (Å²) in [5.41, 5.74) is 0.169. The highest BCUT2D eigenvalue weighted by atomic mass is 32.1. The second-order valence-corrected chi connectivity index (χ2v) is 5.49. The lowest BCUT2D eigenvalue weighted by Gasteiger charge is -2.20.